The van der Waals surface area contributed by atoms with Crippen LogP contribution in [0.25, 0.3) is 0 Å². The standard InChI is InChI=1S/C13H14N2S2/c1-7-8(2)16-9(3)12(7)13-15-10-6-14-5-4-11(10)17-13/h4-6,13,15H,1-3H3. The molecule has 17 heavy (non-hydrogen) atoms. The summed E-state index contributed by atoms with van der Waals surface area (Å²) in [6.45, 7) is 6.63. The molecular weight excluding hydrogens is 248 g/mol. The Morgan fingerprint density at radius 3 is 2.71 bits per heavy atom. The lowest BCUT2D eigenvalue weighted by molar-refractivity contribution is 1.09. The van der Waals surface area contributed by atoms with Crippen molar-refractivity contribution in [2.24, 2.45) is 0 Å². The van der Waals surface area contributed by atoms with Crippen molar-refractivity contribution >= 4 is 28.8 Å². The number of thiophene rings is 1. The normalized spacial score (nSPS) is 17.9. The molecule has 3 heterocycles. The van der Waals surface area contributed by atoms with Gasteiger partial charge in [-0.25, -0.2) is 0 Å². The third-order valence-corrected chi connectivity index (χ3v) is 5.53. The topological polar surface area (TPSA) is 24.9 Å². The average Bonchev–Trinajstić information content (AvgIpc) is 2.81. The molecule has 0 spiro atoms. The summed E-state index contributed by atoms with van der Waals surface area (Å²) in [4.78, 5) is 8.31. The van der Waals surface area contributed by atoms with E-state index in [0.29, 0.717) is 5.37 Å². The first-order chi connectivity index (χ1) is 8.16. The van der Waals surface area contributed by atoms with Crippen LogP contribution in [-0.2, 0) is 0 Å². The summed E-state index contributed by atoms with van der Waals surface area (Å²) in [6.07, 6.45) is 3.76. The molecule has 0 aromatic carbocycles. The molecule has 4 heteroatoms. The maximum absolute atomic E-state index is 4.16. The minimum absolute atomic E-state index is 0.346. The maximum atomic E-state index is 4.16. The van der Waals surface area contributed by atoms with Crippen molar-refractivity contribution in [1.29, 1.82) is 0 Å². The van der Waals surface area contributed by atoms with Gasteiger partial charge in [0.15, 0.2) is 0 Å². The van der Waals surface area contributed by atoms with Crippen LogP contribution in [0.3, 0.4) is 0 Å². The van der Waals surface area contributed by atoms with Crippen molar-refractivity contribution in [3.63, 3.8) is 0 Å². The molecule has 3 rings (SSSR count). The minimum atomic E-state index is 0.346. The molecule has 2 nitrogen and oxygen atoms in total. The quantitative estimate of drug-likeness (QED) is 0.830. The molecule has 2 aromatic heterocycles. The summed E-state index contributed by atoms with van der Waals surface area (Å²) in [6, 6.07) is 2.08. The Bertz CT molecular complexity index is 550. The van der Waals surface area contributed by atoms with Crippen LogP contribution in [-0.4, -0.2) is 4.98 Å². The fourth-order valence-electron chi connectivity index (χ4n) is 2.22. The number of nitrogens with one attached hydrogen (secondary N) is 1. The number of fused-ring (bicyclic) bond motifs is 1. The summed E-state index contributed by atoms with van der Waals surface area (Å²) < 4.78 is 0. The van der Waals surface area contributed by atoms with Crippen molar-refractivity contribution in [1.82, 2.24) is 4.98 Å². The number of aryl methyl sites for hydroxylation is 2. The van der Waals surface area contributed by atoms with Crippen molar-refractivity contribution in [3.8, 4) is 0 Å². The molecule has 2 aromatic rings. The van der Waals surface area contributed by atoms with Gasteiger partial charge < -0.3 is 5.32 Å². The first-order valence-electron chi connectivity index (χ1n) is 5.60. The van der Waals surface area contributed by atoms with E-state index in [2.05, 4.69) is 37.1 Å². The van der Waals surface area contributed by atoms with E-state index in [1.165, 1.54) is 25.8 Å². The number of aromatic nitrogens is 1. The van der Waals surface area contributed by atoms with E-state index >= 15 is 0 Å². The van der Waals surface area contributed by atoms with Crippen LogP contribution in [0.5, 0.6) is 0 Å². The molecule has 0 radical (unpaired) electrons. The van der Waals surface area contributed by atoms with Crippen molar-refractivity contribution in [2.75, 3.05) is 5.32 Å². The third kappa shape index (κ3) is 1.76. The second-order valence-electron chi connectivity index (χ2n) is 4.27. The molecule has 1 unspecified atom stereocenters. The lowest BCUT2D eigenvalue weighted by Crippen LogP contribution is -2.03. The lowest BCUT2D eigenvalue weighted by Gasteiger charge is -2.12. The first kappa shape index (κ1) is 11.1. The van der Waals surface area contributed by atoms with E-state index in [0.717, 1.165) is 5.69 Å². The van der Waals surface area contributed by atoms with Gasteiger partial charge in [0, 0.05) is 26.4 Å². The third-order valence-electron chi connectivity index (χ3n) is 3.19. The van der Waals surface area contributed by atoms with E-state index in [1.54, 1.807) is 0 Å². The first-order valence-corrected chi connectivity index (χ1v) is 7.30. The van der Waals surface area contributed by atoms with Crippen LogP contribution in [0, 0.1) is 20.8 Å². The van der Waals surface area contributed by atoms with Gasteiger partial charge in [-0.1, -0.05) is 11.8 Å². The van der Waals surface area contributed by atoms with Gasteiger partial charge in [0.25, 0.3) is 0 Å². The van der Waals surface area contributed by atoms with E-state index in [9.17, 15) is 0 Å². The summed E-state index contributed by atoms with van der Waals surface area (Å²) in [5.74, 6) is 0. The van der Waals surface area contributed by atoms with E-state index in [1.807, 2.05) is 35.5 Å². The Balaban J connectivity index is 1.99. The highest BCUT2D eigenvalue weighted by Crippen LogP contribution is 2.49. The average molecular weight is 262 g/mol. The molecular formula is C13H14N2S2. The Labute approximate surface area is 109 Å². The highest BCUT2D eigenvalue weighted by atomic mass is 32.2. The summed E-state index contributed by atoms with van der Waals surface area (Å²) in [5.41, 5.74) is 4.04. The monoisotopic (exact) mass is 262 g/mol. The SMILES string of the molecule is Cc1sc(C)c(C2Nc3cnccc3S2)c1C. The van der Waals surface area contributed by atoms with Gasteiger partial charge in [-0.2, -0.15) is 0 Å². The number of anilines is 1. The molecule has 88 valence electrons. The Hall–Kier alpha value is -1.00. The second kappa shape index (κ2) is 4.03. The molecule has 1 aliphatic rings. The van der Waals surface area contributed by atoms with Crippen molar-refractivity contribution in [2.45, 2.75) is 31.0 Å². The molecule has 1 N–H and O–H groups in total. The van der Waals surface area contributed by atoms with Crippen LogP contribution >= 0.6 is 23.1 Å². The molecule has 0 saturated heterocycles. The van der Waals surface area contributed by atoms with Crippen LogP contribution < -0.4 is 5.32 Å². The lowest BCUT2D eigenvalue weighted by atomic mass is 10.1. The highest BCUT2D eigenvalue weighted by molar-refractivity contribution is 8.00. The maximum Gasteiger partial charge on any atom is 0.104 e. The molecule has 0 amide bonds. The van der Waals surface area contributed by atoms with Crippen LogP contribution in [0.4, 0.5) is 5.69 Å². The zero-order chi connectivity index (χ0) is 12.0. The molecule has 1 aliphatic heterocycles. The number of pyridine rings is 1. The molecule has 1 atom stereocenters. The number of rotatable bonds is 1. The van der Waals surface area contributed by atoms with Crippen LogP contribution in [0.15, 0.2) is 23.4 Å². The smallest absolute Gasteiger partial charge is 0.104 e. The van der Waals surface area contributed by atoms with E-state index in [4.69, 9.17) is 0 Å². The second-order valence-corrected chi connectivity index (χ2v) is 6.84. The Morgan fingerprint density at radius 2 is 2.06 bits per heavy atom. The zero-order valence-electron chi connectivity index (χ0n) is 10.1. The fraction of sp³-hybridized carbons (Fsp3) is 0.308. The molecule has 0 bridgehead atoms. The van der Waals surface area contributed by atoms with Gasteiger partial charge in [-0.3, -0.25) is 4.98 Å². The van der Waals surface area contributed by atoms with Crippen molar-refractivity contribution in [3.05, 3.63) is 39.3 Å². The molecule has 0 aliphatic carbocycles. The number of hydrogen-bond donors (Lipinski definition) is 1. The van der Waals surface area contributed by atoms with Gasteiger partial charge in [-0.15, -0.1) is 11.3 Å². The number of thioether (sulfide) groups is 1. The Kier molecular flexibility index (Phi) is 2.64. The Morgan fingerprint density at radius 1 is 1.24 bits per heavy atom. The van der Waals surface area contributed by atoms with E-state index in [-0.39, 0.29) is 0 Å². The zero-order valence-corrected chi connectivity index (χ0v) is 11.7. The van der Waals surface area contributed by atoms with Gasteiger partial charge in [0.2, 0.25) is 0 Å². The number of hydrogen-bond acceptors (Lipinski definition) is 4. The van der Waals surface area contributed by atoms with Gasteiger partial charge in [0.1, 0.15) is 5.37 Å². The minimum Gasteiger partial charge on any atom is -0.367 e. The summed E-state index contributed by atoms with van der Waals surface area (Å²) in [7, 11) is 0. The van der Waals surface area contributed by atoms with Gasteiger partial charge in [-0.05, 0) is 32.4 Å². The van der Waals surface area contributed by atoms with E-state index < -0.39 is 0 Å². The predicted octanol–water partition coefficient (Wildman–Crippen LogP) is 4.28. The summed E-state index contributed by atoms with van der Waals surface area (Å²) in [5, 5.41) is 3.90. The summed E-state index contributed by atoms with van der Waals surface area (Å²) >= 11 is 3.78. The largest absolute Gasteiger partial charge is 0.367 e. The number of nitrogens with zero attached hydrogens (tertiary/aromatic N) is 1. The molecule has 0 fully saturated rings. The fourth-order valence-corrected chi connectivity index (χ4v) is 4.68. The van der Waals surface area contributed by atoms with Crippen LogP contribution in [0.1, 0.15) is 26.3 Å². The highest BCUT2D eigenvalue weighted by Gasteiger charge is 2.26. The van der Waals surface area contributed by atoms with Gasteiger partial charge in [0.05, 0.1) is 11.9 Å². The van der Waals surface area contributed by atoms with Crippen LogP contribution in [0.2, 0.25) is 0 Å². The van der Waals surface area contributed by atoms with Gasteiger partial charge >= 0.3 is 0 Å². The predicted molar refractivity (Wildman–Crippen MR) is 75.0 cm³/mol. The van der Waals surface area contributed by atoms with Crippen molar-refractivity contribution < 1.29 is 0 Å². The molecule has 0 saturated carbocycles.